The second-order valence-corrected chi connectivity index (χ2v) is 5.51. The number of rotatable bonds is 6. The van der Waals surface area contributed by atoms with Gasteiger partial charge in [0.2, 0.25) is 0 Å². The molecule has 0 spiro atoms. The fraction of sp³-hybridized carbons (Fsp3) is 0.158. The van der Waals surface area contributed by atoms with Gasteiger partial charge in [-0.3, -0.25) is 9.48 Å². The largest absolute Gasteiger partial charge is 0.504 e. The molecule has 1 N–H and O–H groups in total. The van der Waals surface area contributed by atoms with Gasteiger partial charge < -0.3 is 14.6 Å². The van der Waals surface area contributed by atoms with Gasteiger partial charge >= 0.3 is 0 Å². The summed E-state index contributed by atoms with van der Waals surface area (Å²) in [6.07, 6.45) is 4.19. The van der Waals surface area contributed by atoms with Crippen LogP contribution in [0.1, 0.15) is 15.9 Å². The number of nitrogens with zero attached hydrogens (tertiary/aromatic N) is 2. The number of phenolic OH excluding ortho intramolecular Hbond substituents is 1. The molecular weight excluding hydrogens is 320 g/mol. The van der Waals surface area contributed by atoms with E-state index in [1.165, 1.54) is 7.11 Å². The molecule has 2 aromatic carbocycles. The van der Waals surface area contributed by atoms with E-state index in [-0.39, 0.29) is 17.1 Å². The zero-order valence-electron chi connectivity index (χ0n) is 14.0. The Morgan fingerprint density at radius 1 is 1.12 bits per heavy atom. The number of hydrogen-bond acceptors (Lipinski definition) is 5. The third kappa shape index (κ3) is 3.47. The lowest BCUT2D eigenvalue weighted by Gasteiger charge is -2.08. The Bertz CT molecular complexity index is 885. The maximum atomic E-state index is 11.1. The quantitative estimate of drug-likeness (QED) is 0.699. The molecule has 6 nitrogen and oxygen atoms in total. The van der Waals surface area contributed by atoms with Crippen LogP contribution < -0.4 is 9.47 Å². The van der Waals surface area contributed by atoms with Gasteiger partial charge in [-0.15, -0.1) is 0 Å². The molecule has 3 rings (SSSR count). The van der Waals surface area contributed by atoms with E-state index in [9.17, 15) is 9.90 Å². The maximum Gasteiger partial charge on any atom is 0.168 e. The number of hydrogen-bond donors (Lipinski definition) is 1. The monoisotopic (exact) mass is 338 g/mol. The van der Waals surface area contributed by atoms with Crippen molar-refractivity contribution in [3.8, 4) is 28.4 Å². The Labute approximate surface area is 145 Å². The highest BCUT2D eigenvalue weighted by Crippen LogP contribution is 2.34. The van der Waals surface area contributed by atoms with Crippen molar-refractivity contribution in [2.75, 3.05) is 14.2 Å². The van der Waals surface area contributed by atoms with Crippen molar-refractivity contribution in [3.63, 3.8) is 0 Å². The van der Waals surface area contributed by atoms with Crippen molar-refractivity contribution in [1.29, 1.82) is 0 Å². The van der Waals surface area contributed by atoms with E-state index >= 15 is 0 Å². The fourth-order valence-corrected chi connectivity index (χ4v) is 2.56. The highest BCUT2D eigenvalue weighted by atomic mass is 16.5. The average molecular weight is 338 g/mol. The normalized spacial score (nSPS) is 10.5. The minimum Gasteiger partial charge on any atom is -0.504 e. The Kier molecular flexibility index (Phi) is 4.70. The first-order chi connectivity index (χ1) is 12.1. The van der Waals surface area contributed by atoms with E-state index in [0.717, 1.165) is 22.4 Å². The number of methoxy groups -OCH3 is 2. The number of aldehydes is 1. The van der Waals surface area contributed by atoms with Gasteiger partial charge in [-0.05, 0) is 35.4 Å². The standard InChI is InChI=1S/C19H18N2O4/c1-24-17-5-3-13(4-6-17)10-21-11-16(9-20-21)14-7-15(12-22)19(23)18(8-14)25-2/h3-9,11-12,23H,10H2,1-2H3. The van der Waals surface area contributed by atoms with Crippen LogP contribution in [0.5, 0.6) is 17.2 Å². The Morgan fingerprint density at radius 3 is 2.52 bits per heavy atom. The third-order valence-corrected chi connectivity index (χ3v) is 3.92. The lowest BCUT2D eigenvalue weighted by molar-refractivity contribution is 0.112. The van der Waals surface area contributed by atoms with Crippen LogP contribution in [0, 0.1) is 0 Å². The van der Waals surface area contributed by atoms with Crippen molar-refractivity contribution >= 4 is 6.29 Å². The van der Waals surface area contributed by atoms with Gasteiger partial charge in [-0.2, -0.15) is 5.10 Å². The number of ether oxygens (including phenoxy) is 2. The van der Waals surface area contributed by atoms with Crippen molar-refractivity contribution in [2.45, 2.75) is 6.54 Å². The molecular formula is C19H18N2O4. The first-order valence-electron chi connectivity index (χ1n) is 7.66. The third-order valence-electron chi connectivity index (χ3n) is 3.92. The van der Waals surface area contributed by atoms with E-state index < -0.39 is 0 Å². The van der Waals surface area contributed by atoms with Gasteiger partial charge in [0.05, 0.1) is 32.5 Å². The number of aromatic hydroxyl groups is 1. The molecule has 3 aromatic rings. The van der Waals surface area contributed by atoms with Gasteiger partial charge in [0.15, 0.2) is 17.8 Å². The molecule has 0 amide bonds. The van der Waals surface area contributed by atoms with Crippen LogP contribution >= 0.6 is 0 Å². The summed E-state index contributed by atoms with van der Waals surface area (Å²) in [6, 6.07) is 11.1. The molecule has 0 unspecified atom stereocenters. The van der Waals surface area contributed by atoms with E-state index in [4.69, 9.17) is 9.47 Å². The number of phenols is 1. The average Bonchev–Trinajstić information content (AvgIpc) is 3.11. The summed E-state index contributed by atoms with van der Waals surface area (Å²) in [7, 11) is 3.08. The van der Waals surface area contributed by atoms with Crippen molar-refractivity contribution in [3.05, 3.63) is 59.9 Å². The molecule has 0 aliphatic heterocycles. The lowest BCUT2D eigenvalue weighted by Crippen LogP contribution is -1.99. The van der Waals surface area contributed by atoms with Gasteiger partial charge in [0.1, 0.15) is 5.75 Å². The second kappa shape index (κ2) is 7.09. The summed E-state index contributed by atoms with van der Waals surface area (Å²) in [6.45, 7) is 0.611. The van der Waals surface area contributed by atoms with Crippen molar-refractivity contribution < 1.29 is 19.4 Å². The maximum absolute atomic E-state index is 11.1. The molecule has 0 saturated carbocycles. The summed E-state index contributed by atoms with van der Waals surface area (Å²) < 4.78 is 12.1. The summed E-state index contributed by atoms with van der Waals surface area (Å²) >= 11 is 0. The number of carbonyl (C=O) groups is 1. The zero-order chi connectivity index (χ0) is 17.8. The fourth-order valence-electron chi connectivity index (χ4n) is 2.56. The van der Waals surface area contributed by atoms with Gasteiger partial charge in [0, 0.05) is 11.8 Å². The Hall–Kier alpha value is -3.28. The molecule has 0 atom stereocenters. The van der Waals surface area contributed by atoms with Gasteiger partial charge in [-0.25, -0.2) is 0 Å². The topological polar surface area (TPSA) is 73.6 Å². The molecule has 0 saturated heterocycles. The van der Waals surface area contributed by atoms with Crippen LogP contribution in [0.15, 0.2) is 48.8 Å². The Morgan fingerprint density at radius 2 is 1.88 bits per heavy atom. The summed E-state index contributed by atoms with van der Waals surface area (Å²) in [5.41, 5.74) is 2.84. The van der Waals surface area contributed by atoms with Crippen LogP contribution in [-0.4, -0.2) is 35.4 Å². The van der Waals surface area contributed by atoms with E-state index in [1.54, 1.807) is 30.1 Å². The van der Waals surface area contributed by atoms with E-state index in [0.29, 0.717) is 12.8 Å². The predicted octanol–water partition coefficient (Wildman–Crippen LogP) is 3.13. The van der Waals surface area contributed by atoms with Crippen LogP contribution in [0.25, 0.3) is 11.1 Å². The van der Waals surface area contributed by atoms with Crippen LogP contribution in [0.4, 0.5) is 0 Å². The van der Waals surface area contributed by atoms with Crippen molar-refractivity contribution in [2.24, 2.45) is 0 Å². The molecule has 1 heterocycles. The number of aromatic nitrogens is 2. The van der Waals surface area contributed by atoms with Crippen LogP contribution in [0.3, 0.4) is 0 Å². The summed E-state index contributed by atoms with van der Waals surface area (Å²) in [4.78, 5) is 11.1. The second-order valence-electron chi connectivity index (χ2n) is 5.51. The lowest BCUT2D eigenvalue weighted by atomic mass is 10.1. The van der Waals surface area contributed by atoms with Gasteiger partial charge in [-0.1, -0.05) is 12.1 Å². The first kappa shape index (κ1) is 16.6. The number of benzene rings is 2. The highest BCUT2D eigenvalue weighted by Gasteiger charge is 2.12. The smallest absolute Gasteiger partial charge is 0.168 e. The molecule has 0 bridgehead atoms. The van der Waals surface area contributed by atoms with Crippen LogP contribution in [0.2, 0.25) is 0 Å². The predicted molar refractivity (Wildman–Crippen MR) is 93.4 cm³/mol. The molecule has 0 aliphatic rings. The zero-order valence-corrected chi connectivity index (χ0v) is 14.0. The number of carbonyl (C=O) groups excluding carboxylic acids is 1. The summed E-state index contributed by atoms with van der Waals surface area (Å²) in [5, 5.41) is 14.3. The van der Waals surface area contributed by atoms with Gasteiger partial charge in [0.25, 0.3) is 0 Å². The van der Waals surface area contributed by atoms with E-state index in [2.05, 4.69) is 5.10 Å². The van der Waals surface area contributed by atoms with Crippen LogP contribution in [-0.2, 0) is 6.54 Å². The minimum absolute atomic E-state index is 0.160. The van der Waals surface area contributed by atoms with E-state index in [1.807, 2.05) is 30.5 Å². The molecule has 0 aliphatic carbocycles. The molecule has 0 radical (unpaired) electrons. The molecule has 6 heteroatoms. The molecule has 25 heavy (non-hydrogen) atoms. The highest BCUT2D eigenvalue weighted by molar-refractivity contribution is 5.84. The SMILES string of the molecule is COc1ccc(Cn2cc(-c3cc(C=O)c(O)c(OC)c3)cn2)cc1. The summed E-state index contributed by atoms with van der Waals surface area (Å²) in [5.74, 6) is 0.900. The molecule has 128 valence electrons. The van der Waals surface area contributed by atoms with Crippen molar-refractivity contribution in [1.82, 2.24) is 9.78 Å². The molecule has 0 fully saturated rings. The molecule has 1 aromatic heterocycles. The Balaban J connectivity index is 1.86. The minimum atomic E-state index is -0.160. The first-order valence-corrected chi connectivity index (χ1v) is 7.66.